The first kappa shape index (κ1) is 14.2. The molecule has 2 aliphatic heterocycles. The third kappa shape index (κ3) is 2.56. The molecule has 0 aliphatic carbocycles. The van der Waals surface area contributed by atoms with Crippen molar-refractivity contribution in [2.45, 2.75) is 18.6 Å². The molecular formula is C15H20N2O4. The summed E-state index contributed by atoms with van der Waals surface area (Å²) < 4.78 is 16.6. The zero-order valence-corrected chi connectivity index (χ0v) is 12.1. The van der Waals surface area contributed by atoms with E-state index in [0.717, 1.165) is 0 Å². The van der Waals surface area contributed by atoms with Crippen LogP contribution in [0.25, 0.3) is 0 Å². The van der Waals surface area contributed by atoms with Crippen LogP contribution >= 0.6 is 0 Å². The second-order valence-corrected chi connectivity index (χ2v) is 5.32. The number of benzene rings is 1. The number of carbonyl (C=O) groups excluding carboxylic acids is 1. The topological polar surface area (TPSA) is 74.0 Å². The number of amides is 1. The molecule has 2 heterocycles. The number of hydrogen-bond donors (Lipinski definition) is 1. The lowest BCUT2D eigenvalue weighted by atomic mass is 10.0. The molecule has 21 heavy (non-hydrogen) atoms. The van der Waals surface area contributed by atoms with Crippen LogP contribution in [0.2, 0.25) is 0 Å². The van der Waals surface area contributed by atoms with E-state index in [9.17, 15) is 4.79 Å². The molecule has 1 aromatic carbocycles. The van der Waals surface area contributed by atoms with Crippen LogP contribution in [0.1, 0.15) is 23.2 Å². The number of nitrogens with two attached hydrogens (primary N) is 1. The molecule has 0 saturated carbocycles. The zero-order chi connectivity index (χ0) is 14.9. The largest absolute Gasteiger partial charge is 0.496 e. The Morgan fingerprint density at radius 3 is 2.57 bits per heavy atom. The number of anilines is 1. The molecule has 2 saturated heterocycles. The van der Waals surface area contributed by atoms with Crippen molar-refractivity contribution in [2.24, 2.45) is 0 Å². The normalized spacial score (nSPS) is 20.7. The molecule has 6 heteroatoms. The molecule has 0 bridgehead atoms. The predicted octanol–water partition coefficient (Wildman–Crippen LogP) is 1.26. The Morgan fingerprint density at radius 1 is 1.29 bits per heavy atom. The number of piperidine rings is 1. The smallest absolute Gasteiger partial charge is 0.259 e. The summed E-state index contributed by atoms with van der Waals surface area (Å²) >= 11 is 0. The van der Waals surface area contributed by atoms with Crippen LogP contribution in [0.15, 0.2) is 18.2 Å². The molecule has 3 rings (SSSR count). The zero-order valence-electron chi connectivity index (χ0n) is 12.1. The fraction of sp³-hybridized carbons (Fsp3) is 0.533. The van der Waals surface area contributed by atoms with Gasteiger partial charge in [-0.2, -0.15) is 0 Å². The summed E-state index contributed by atoms with van der Waals surface area (Å²) in [6.45, 7) is 2.45. The molecule has 6 nitrogen and oxygen atoms in total. The molecule has 0 unspecified atom stereocenters. The van der Waals surface area contributed by atoms with Crippen LogP contribution < -0.4 is 10.5 Å². The maximum absolute atomic E-state index is 12.7. The molecule has 2 aliphatic rings. The maximum Gasteiger partial charge on any atom is 0.259 e. The van der Waals surface area contributed by atoms with Gasteiger partial charge in [0.1, 0.15) is 11.3 Å². The maximum atomic E-state index is 12.7. The van der Waals surface area contributed by atoms with Crippen LogP contribution in [0.5, 0.6) is 5.75 Å². The van der Waals surface area contributed by atoms with Crippen LogP contribution in [-0.4, -0.2) is 50.0 Å². The molecule has 0 aromatic heterocycles. The highest BCUT2D eigenvalue weighted by molar-refractivity contribution is 6.01. The quantitative estimate of drug-likeness (QED) is 0.831. The predicted molar refractivity (Wildman–Crippen MR) is 77.2 cm³/mol. The van der Waals surface area contributed by atoms with Crippen molar-refractivity contribution in [3.05, 3.63) is 23.8 Å². The minimum absolute atomic E-state index is 0.0993. The van der Waals surface area contributed by atoms with E-state index in [1.54, 1.807) is 23.1 Å². The van der Waals surface area contributed by atoms with Gasteiger partial charge in [0.2, 0.25) is 0 Å². The van der Waals surface area contributed by atoms with E-state index in [4.69, 9.17) is 19.9 Å². The van der Waals surface area contributed by atoms with Crippen molar-refractivity contribution in [3.8, 4) is 5.75 Å². The first-order chi connectivity index (χ1) is 10.2. The van der Waals surface area contributed by atoms with E-state index in [1.165, 1.54) is 7.11 Å². The minimum atomic E-state index is -0.483. The Kier molecular flexibility index (Phi) is 3.73. The van der Waals surface area contributed by atoms with E-state index in [2.05, 4.69) is 0 Å². The Bertz CT molecular complexity index is 530. The molecule has 2 N–H and O–H groups in total. The molecule has 1 amide bonds. The van der Waals surface area contributed by atoms with Gasteiger partial charge in [0.05, 0.1) is 20.3 Å². The Morgan fingerprint density at radius 2 is 1.95 bits per heavy atom. The van der Waals surface area contributed by atoms with Crippen LogP contribution in [-0.2, 0) is 9.47 Å². The van der Waals surface area contributed by atoms with Gasteiger partial charge in [-0.3, -0.25) is 4.79 Å². The van der Waals surface area contributed by atoms with E-state index in [1.807, 2.05) is 0 Å². The summed E-state index contributed by atoms with van der Waals surface area (Å²) in [4.78, 5) is 14.5. The summed E-state index contributed by atoms with van der Waals surface area (Å²) in [6, 6.07) is 5.24. The van der Waals surface area contributed by atoms with Crippen molar-refractivity contribution in [3.63, 3.8) is 0 Å². The number of nitrogens with zero attached hydrogens (tertiary/aromatic N) is 1. The lowest BCUT2D eigenvalue weighted by Gasteiger charge is -2.37. The Labute approximate surface area is 123 Å². The van der Waals surface area contributed by atoms with Gasteiger partial charge in [-0.1, -0.05) is 6.07 Å². The highest BCUT2D eigenvalue weighted by Crippen LogP contribution is 2.33. The highest BCUT2D eigenvalue weighted by Gasteiger charge is 2.41. The van der Waals surface area contributed by atoms with Crippen LogP contribution in [0.4, 0.5) is 5.69 Å². The number of hydrogen-bond acceptors (Lipinski definition) is 5. The molecule has 1 spiro atoms. The second kappa shape index (κ2) is 5.54. The number of likely N-dealkylation sites (tertiary alicyclic amines) is 1. The van der Waals surface area contributed by atoms with Crippen molar-refractivity contribution >= 4 is 11.6 Å². The van der Waals surface area contributed by atoms with Gasteiger partial charge < -0.3 is 24.8 Å². The van der Waals surface area contributed by atoms with E-state index in [-0.39, 0.29) is 5.91 Å². The van der Waals surface area contributed by atoms with E-state index < -0.39 is 5.79 Å². The lowest BCUT2D eigenvalue weighted by Crippen LogP contribution is -2.47. The molecule has 1 aromatic rings. The van der Waals surface area contributed by atoms with Crippen molar-refractivity contribution in [1.29, 1.82) is 0 Å². The van der Waals surface area contributed by atoms with Gasteiger partial charge in [-0.25, -0.2) is 0 Å². The van der Waals surface area contributed by atoms with Gasteiger partial charge in [-0.05, 0) is 12.1 Å². The summed E-state index contributed by atoms with van der Waals surface area (Å²) in [5.74, 6) is -0.0743. The summed E-state index contributed by atoms with van der Waals surface area (Å²) in [7, 11) is 1.54. The summed E-state index contributed by atoms with van der Waals surface area (Å²) in [5, 5.41) is 0. The number of methoxy groups -OCH3 is 1. The average molecular weight is 292 g/mol. The third-order valence-corrected chi connectivity index (χ3v) is 4.12. The Hall–Kier alpha value is -1.79. The first-order valence-corrected chi connectivity index (χ1v) is 7.15. The summed E-state index contributed by atoms with van der Waals surface area (Å²) in [5.41, 5.74) is 6.82. The fourth-order valence-corrected chi connectivity index (χ4v) is 2.94. The van der Waals surface area contributed by atoms with Crippen molar-refractivity contribution in [2.75, 3.05) is 39.1 Å². The van der Waals surface area contributed by atoms with Gasteiger partial charge in [-0.15, -0.1) is 0 Å². The number of ether oxygens (including phenoxy) is 3. The summed E-state index contributed by atoms with van der Waals surface area (Å²) in [6.07, 6.45) is 1.38. The number of carbonyl (C=O) groups is 1. The second-order valence-electron chi connectivity index (χ2n) is 5.32. The molecule has 0 atom stereocenters. The van der Waals surface area contributed by atoms with E-state index in [0.29, 0.717) is 56.1 Å². The number of rotatable bonds is 2. The van der Waals surface area contributed by atoms with Gasteiger partial charge >= 0.3 is 0 Å². The molecular weight excluding hydrogens is 272 g/mol. The standard InChI is InChI=1S/C15H20N2O4/c1-19-12-4-2-3-11(16)13(12)14(18)17-7-5-15(6-8-17)20-9-10-21-15/h2-4H,5-10,16H2,1H3. The molecule has 114 valence electrons. The van der Waals surface area contributed by atoms with Gasteiger partial charge in [0, 0.05) is 31.6 Å². The highest BCUT2D eigenvalue weighted by atomic mass is 16.7. The van der Waals surface area contributed by atoms with Crippen molar-refractivity contribution in [1.82, 2.24) is 4.90 Å². The monoisotopic (exact) mass is 292 g/mol. The van der Waals surface area contributed by atoms with Crippen molar-refractivity contribution < 1.29 is 19.0 Å². The lowest BCUT2D eigenvalue weighted by molar-refractivity contribution is -0.181. The third-order valence-electron chi connectivity index (χ3n) is 4.12. The number of nitrogen functional groups attached to an aromatic ring is 1. The van der Waals surface area contributed by atoms with Crippen LogP contribution in [0, 0.1) is 0 Å². The van der Waals surface area contributed by atoms with Gasteiger partial charge in [0.25, 0.3) is 5.91 Å². The fourth-order valence-electron chi connectivity index (χ4n) is 2.94. The average Bonchev–Trinajstić information content (AvgIpc) is 2.95. The molecule has 0 radical (unpaired) electrons. The first-order valence-electron chi connectivity index (χ1n) is 7.15. The molecule has 2 fully saturated rings. The SMILES string of the molecule is COc1cccc(N)c1C(=O)N1CCC2(CC1)OCCO2. The minimum Gasteiger partial charge on any atom is -0.496 e. The van der Waals surface area contributed by atoms with Crippen LogP contribution in [0.3, 0.4) is 0 Å². The van der Waals surface area contributed by atoms with Gasteiger partial charge in [0.15, 0.2) is 5.79 Å². The Balaban J connectivity index is 1.75. The van der Waals surface area contributed by atoms with E-state index >= 15 is 0 Å².